The monoisotopic (exact) mass is 427 g/mol. The number of amides is 2. The van der Waals surface area contributed by atoms with Crippen LogP contribution in [0.25, 0.3) is 0 Å². The largest absolute Gasteiger partial charge is 0.495 e. The van der Waals surface area contributed by atoms with Gasteiger partial charge in [0.2, 0.25) is 5.88 Å². The number of anilines is 2. The number of oxazole rings is 1. The van der Waals surface area contributed by atoms with Gasteiger partial charge in [-0.15, -0.1) is 0 Å². The van der Waals surface area contributed by atoms with E-state index in [-0.39, 0.29) is 18.0 Å². The Hall–Kier alpha value is -3.26. The lowest BCUT2D eigenvalue weighted by Crippen LogP contribution is -2.51. The Morgan fingerprint density at radius 2 is 2.07 bits per heavy atom. The van der Waals surface area contributed by atoms with Crippen molar-refractivity contribution in [2.75, 3.05) is 30.4 Å². The number of nitrogens with zero attached hydrogens (tertiary/aromatic N) is 3. The highest BCUT2D eigenvalue weighted by atomic mass is 35.5. The first-order valence-corrected chi connectivity index (χ1v) is 9.96. The summed E-state index contributed by atoms with van der Waals surface area (Å²) in [6, 6.07) is 10.4. The molecule has 0 aliphatic carbocycles. The molecule has 0 radical (unpaired) electrons. The zero-order valence-corrected chi connectivity index (χ0v) is 17.2. The predicted molar refractivity (Wildman–Crippen MR) is 114 cm³/mol. The molecule has 1 fully saturated rings. The molecule has 4 rings (SSSR count). The molecule has 3 aromatic rings. The van der Waals surface area contributed by atoms with Crippen molar-refractivity contribution in [3.05, 3.63) is 65.9 Å². The summed E-state index contributed by atoms with van der Waals surface area (Å²) in [7, 11) is 1.61. The third-order valence-corrected chi connectivity index (χ3v) is 5.39. The highest BCUT2D eigenvalue weighted by molar-refractivity contribution is 6.30. The first-order valence-electron chi connectivity index (χ1n) is 9.59. The van der Waals surface area contributed by atoms with Crippen LogP contribution in [-0.2, 0) is 0 Å². The third-order valence-electron chi connectivity index (χ3n) is 5.14. The minimum atomic E-state index is -0.269. The van der Waals surface area contributed by atoms with Crippen molar-refractivity contribution in [2.45, 2.75) is 18.4 Å². The predicted octanol–water partition coefficient (Wildman–Crippen LogP) is 3.92. The Kier molecular flexibility index (Phi) is 6.04. The molecular formula is C21H22ClN5O3. The number of nitrogens with one attached hydrogen (secondary N) is 2. The van der Waals surface area contributed by atoms with Crippen LogP contribution in [0.4, 0.5) is 16.4 Å². The van der Waals surface area contributed by atoms with Crippen LogP contribution in [0.15, 0.2) is 59.6 Å². The van der Waals surface area contributed by atoms with E-state index in [0.717, 1.165) is 18.7 Å². The maximum Gasteiger partial charge on any atom is 0.319 e. The molecule has 0 spiro atoms. The van der Waals surface area contributed by atoms with Gasteiger partial charge in [-0.2, -0.15) is 0 Å². The molecule has 1 aromatic carbocycles. The number of urea groups is 1. The van der Waals surface area contributed by atoms with Crippen LogP contribution in [0.3, 0.4) is 0 Å². The number of carbonyl (C=O) groups excluding carboxylic acids is 1. The summed E-state index contributed by atoms with van der Waals surface area (Å²) in [6.45, 7) is 1.37. The summed E-state index contributed by atoms with van der Waals surface area (Å²) in [5, 5.41) is 6.57. The van der Waals surface area contributed by atoms with Crippen LogP contribution >= 0.6 is 11.6 Å². The summed E-state index contributed by atoms with van der Waals surface area (Å²) in [5.74, 6) is 1.36. The first-order chi connectivity index (χ1) is 14.6. The molecule has 9 heteroatoms. The number of hydrogen-bond donors (Lipinski definition) is 2. The fourth-order valence-electron chi connectivity index (χ4n) is 3.59. The summed E-state index contributed by atoms with van der Waals surface area (Å²) in [6.07, 6.45) is 5.53. The van der Waals surface area contributed by atoms with Gasteiger partial charge in [0.15, 0.2) is 6.39 Å². The molecule has 1 aliphatic heterocycles. The zero-order valence-electron chi connectivity index (χ0n) is 16.4. The molecule has 2 atom stereocenters. The minimum absolute atomic E-state index is 0.0364. The van der Waals surface area contributed by atoms with Gasteiger partial charge >= 0.3 is 6.03 Å². The number of piperidine rings is 1. The fourth-order valence-corrected chi connectivity index (χ4v) is 3.72. The van der Waals surface area contributed by atoms with Crippen LogP contribution in [-0.4, -0.2) is 42.2 Å². The summed E-state index contributed by atoms with van der Waals surface area (Å²) in [5.41, 5.74) is 1.55. The molecule has 3 heterocycles. The van der Waals surface area contributed by atoms with Gasteiger partial charge in [-0.3, -0.25) is 4.98 Å². The molecule has 0 saturated carbocycles. The first kappa shape index (κ1) is 20.0. The second kappa shape index (κ2) is 9.04. The van der Waals surface area contributed by atoms with Crippen LogP contribution in [0.1, 0.15) is 18.0 Å². The van der Waals surface area contributed by atoms with E-state index in [9.17, 15) is 4.79 Å². The number of rotatable bonds is 5. The highest BCUT2D eigenvalue weighted by Gasteiger charge is 2.33. The molecule has 8 nitrogen and oxygen atoms in total. The van der Waals surface area contributed by atoms with Crippen LogP contribution in [0.2, 0.25) is 5.02 Å². The second-order valence-corrected chi connectivity index (χ2v) is 7.45. The summed E-state index contributed by atoms with van der Waals surface area (Å²) in [4.78, 5) is 23.3. The van der Waals surface area contributed by atoms with Crippen molar-refractivity contribution in [1.29, 1.82) is 0 Å². The van der Waals surface area contributed by atoms with E-state index in [1.807, 2.05) is 12.1 Å². The van der Waals surface area contributed by atoms with Gasteiger partial charge in [0.1, 0.15) is 5.75 Å². The van der Waals surface area contributed by atoms with Crippen LogP contribution < -0.4 is 20.3 Å². The molecule has 0 bridgehead atoms. The van der Waals surface area contributed by atoms with Gasteiger partial charge in [-0.1, -0.05) is 11.6 Å². The van der Waals surface area contributed by atoms with E-state index in [4.69, 9.17) is 20.8 Å². The molecule has 1 saturated heterocycles. The van der Waals surface area contributed by atoms with Crippen molar-refractivity contribution >= 4 is 29.2 Å². The maximum atomic E-state index is 12.6. The quantitative estimate of drug-likeness (QED) is 0.641. The normalized spacial score (nSPS) is 18.7. The summed E-state index contributed by atoms with van der Waals surface area (Å²) < 4.78 is 10.7. The SMILES string of the molecule is COc1ccc(C2CN(c3cnco3)CCC2NC(=O)Nc2ccc(Cl)cc2)nc1. The zero-order chi connectivity index (χ0) is 20.9. The Labute approximate surface area is 179 Å². The minimum Gasteiger partial charge on any atom is -0.495 e. The number of hydrogen-bond acceptors (Lipinski definition) is 6. The topological polar surface area (TPSA) is 92.5 Å². The second-order valence-electron chi connectivity index (χ2n) is 7.02. The number of benzene rings is 1. The van der Waals surface area contributed by atoms with E-state index in [1.165, 1.54) is 6.39 Å². The Morgan fingerprint density at radius 1 is 1.23 bits per heavy atom. The lowest BCUT2D eigenvalue weighted by Gasteiger charge is -2.38. The van der Waals surface area contributed by atoms with E-state index in [1.54, 1.807) is 43.8 Å². The van der Waals surface area contributed by atoms with E-state index >= 15 is 0 Å². The Bertz CT molecular complexity index is 963. The third kappa shape index (κ3) is 4.65. The van der Waals surface area contributed by atoms with Gasteiger partial charge in [-0.05, 0) is 42.8 Å². The average molecular weight is 428 g/mol. The van der Waals surface area contributed by atoms with Crippen molar-refractivity contribution in [3.8, 4) is 5.75 Å². The number of halogens is 1. The molecular weight excluding hydrogens is 406 g/mol. The van der Waals surface area contributed by atoms with Crippen molar-refractivity contribution in [3.63, 3.8) is 0 Å². The van der Waals surface area contributed by atoms with Gasteiger partial charge in [0.05, 0.1) is 19.5 Å². The molecule has 2 unspecified atom stereocenters. The molecule has 1 aliphatic rings. The average Bonchev–Trinajstić information content (AvgIpc) is 3.31. The molecule has 2 N–H and O–H groups in total. The Balaban J connectivity index is 1.50. The number of ether oxygens (including phenoxy) is 1. The van der Waals surface area contributed by atoms with Crippen LogP contribution in [0.5, 0.6) is 5.75 Å². The molecule has 2 aromatic heterocycles. The standard InChI is InChI=1S/C21H22ClN5O3/c1-29-16-6-7-18(24-10-16)17-12-27(20-11-23-13-30-20)9-8-19(17)26-21(28)25-15-4-2-14(22)3-5-15/h2-7,10-11,13,17,19H,8-9,12H2,1H3,(H2,25,26,28). The lowest BCUT2D eigenvalue weighted by atomic mass is 9.89. The number of aromatic nitrogens is 2. The number of carbonyl (C=O) groups is 1. The molecule has 156 valence electrons. The number of pyridine rings is 1. The van der Waals surface area contributed by atoms with Gasteiger partial charge < -0.3 is 24.7 Å². The van der Waals surface area contributed by atoms with Crippen molar-refractivity contribution in [2.24, 2.45) is 0 Å². The smallest absolute Gasteiger partial charge is 0.319 e. The molecule has 30 heavy (non-hydrogen) atoms. The summed E-state index contributed by atoms with van der Waals surface area (Å²) >= 11 is 5.91. The fraction of sp³-hybridized carbons (Fsp3) is 0.286. The number of methoxy groups -OCH3 is 1. The Morgan fingerprint density at radius 3 is 2.73 bits per heavy atom. The van der Waals surface area contributed by atoms with Gasteiger partial charge in [-0.25, -0.2) is 9.78 Å². The van der Waals surface area contributed by atoms with E-state index in [0.29, 0.717) is 28.9 Å². The van der Waals surface area contributed by atoms with E-state index in [2.05, 4.69) is 25.5 Å². The van der Waals surface area contributed by atoms with Gasteiger partial charge in [0, 0.05) is 41.5 Å². The molecule has 2 amide bonds. The van der Waals surface area contributed by atoms with Crippen molar-refractivity contribution < 1.29 is 13.9 Å². The van der Waals surface area contributed by atoms with Crippen LogP contribution in [0, 0.1) is 0 Å². The highest BCUT2D eigenvalue weighted by Crippen LogP contribution is 2.30. The maximum absolute atomic E-state index is 12.6. The van der Waals surface area contributed by atoms with Gasteiger partial charge in [0.25, 0.3) is 0 Å². The van der Waals surface area contributed by atoms with E-state index < -0.39 is 0 Å². The lowest BCUT2D eigenvalue weighted by molar-refractivity contribution is 0.243. The van der Waals surface area contributed by atoms with Crippen molar-refractivity contribution in [1.82, 2.24) is 15.3 Å².